The molecule has 0 bridgehead atoms. The highest BCUT2D eigenvalue weighted by Crippen LogP contribution is 2.24. The van der Waals surface area contributed by atoms with Crippen LogP contribution in [-0.4, -0.2) is 23.9 Å². The maximum Gasteiger partial charge on any atom is 0.254 e. The molecule has 1 unspecified atom stereocenters. The van der Waals surface area contributed by atoms with Gasteiger partial charge in [0.15, 0.2) is 0 Å². The number of rotatable bonds is 1. The van der Waals surface area contributed by atoms with E-state index in [0.29, 0.717) is 6.54 Å². The molecule has 84 valence electrons. The van der Waals surface area contributed by atoms with Crippen molar-refractivity contribution in [3.8, 4) is 6.07 Å². The summed E-state index contributed by atoms with van der Waals surface area (Å²) in [5.74, 6) is 0.0432. The third-order valence-corrected chi connectivity index (χ3v) is 4.21. The van der Waals surface area contributed by atoms with Gasteiger partial charge in [-0.3, -0.25) is 4.79 Å². The number of carbonyl (C=O) groups excluding carboxylic acids is 1. The van der Waals surface area contributed by atoms with Gasteiger partial charge >= 0.3 is 0 Å². The van der Waals surface area contributed by atoms with Crippen LogP contribution in [0.25, 0.3) is 0 Å². The summed E-state index contributed by atoms with van der Waals surface area (Å²) >= 11 is 4.85. The fraction of sp³-hybridized carbons (Fsp3) is 0.455. The molecule has 1 atom stereocenters. The van der Waals surface area contributed by atoms with E-state index in [4.69, 9.17) is 5.26 Å². The number of carbonyl (C=O) groups is 1. The van der Waals surface area contributed by atoms with Crippen LogP contribution in [0.2, 0.25) is 0 Å². The number of hydrogen-bond donors (Lipinski definition) is 0. The lowest BCUT2D eigenvalue weighted by Crippen LogP contribution is -2.39. The zero-order valence-corrected chi connectivity index (χ0v) is 11.1. The van der Waals surface area contributed by atoms with E-state index in [1.807, 2.05) is 11.4 Å². The van der Waals surface area contributed by atoms with Crippen LogP contribution in [-0.2, 0) is 0 Å². The molecule has 16 heavy (non-hydrogen) atoms. The van der Waals surface area contributed by atoms with Gasteiger partial charge in [-0.2, -0.15) is 5.26 Å². The molecule has 1 aromatic heterocycles. The summed E-state index contributed by atoms with van der Waals surface area (Å²) in [5, 5.41) is 10.7. The van der Waals surface area contributed by atoms with E-state index in [9.17, 15) is 4.79 Å². The number of halogens is 1. The molecule has 5 heteroatoms. The molecule has 1 aliphatic heterocycles. The van der Waals surface area contributed by atoms with Crippen molar-refractivity contribution < 1.29 is 4.79 Å². The monoisotopic (exact) mass is 298 g/mol. The van der Waals surface area contributed by atoms with E-state index in [-0.39, 0.29) is 11.8 Å². The van der Waals surface area contributed by atoms with E-state index in [1.165, 1.54) is 11.3 Å². The summed E-state index contributed by atoms with van der Waals surface area (Å²) in [6.45, 7) is 1.34. The van der Waals surface area contributed by atoms with Gasteiger partial charge in [0.2, 0.25) is 0 Å². The van der Waals surface area contributed by atoms with Gasteiger partial charge in [-0.05, 0) is 34.8 Å². The van der Waals surface area contributed by atoms with Crippen LogP contribution < -0.4 is 0 Å². The maximum absolute atomic E-state index is 12.1. The van der Waals surface area contributed by atoms with Crippen LogP contribution in [0.3, 0.4) is 0 Å². The fourth-order valence-corrected chi connectivity index (χ4v) is 3.00. The average molecular weight is 299 g/mol. The second kappa shape index (κ2) is 4.98. The van der Waals surface area contributed by atoms with Gasteiger partial charge in [0.25, 0.3) is 5.91 Å². The van der Waals surface area contributed by atoms with E-state index in [1.54, 1.807) is 4.90 Å². The van der Waals surface area contributed by atoms with Crippen molar-refractivity contribution in [2.45, 2.75) is 12.8 Å². The van der Waals surface area contributed by atoms with Crippen LogP contribution in [0.15, 0.2) is 15.2 Å². The van der Waals surface area contributed by atoms with E-state index >= 15 is 0 Å². The van der Waals surface area contributed by atoms with Gasteiger partial charge in [-0.1, -0.05) is 0 Å². The van der Waals surface area contributed by atoms with Crippen molar-refractivity contribution in [1.82, 2.24) is 4.90 Å². The number of hydrogen-bond acceptors (Lipinski definition) is 3. The summed E-state index contributed by atoms with van der Waals surface area (Å²) < 4.78 is 0.963. The van der Waals surface area contributed by atoms with Crippen molar-refractivity contribution in [3.63, 3.8) is 0 Å². The Kier molecular flexibility index (Phi) is 3.62. The number of likely N-dealkylation sites (tertiary alicyclic amines) is 1. The SMILES string of the molecule is N#CC1CCCN(C(=O)c2csc(Br)c2)C1. The average Bonchev–Trinajstić information content (AvgIpc) is 2.75. The van der Waals surface area contributed by atoms with Gasteiger partial charge < -0.3 is 4.90 Å². The number of piperidine rings is 1. The third-order valence-electron chi connectivity index (χ3n) is 2.71. The minimum atomic E-state index is -0.000207. The Hall–Kier alpha value is -0.860. The van der Waals surface area contributed by atoms with E-state index in [0.717, 1.165) is 28.7 Å². The first-order valence-electron chi connectivity index (χ1n) is 5.13. The number of thiophene rings is 1. The number of amides is 1. The molecule has 0 saturated carbocycles. The van der Waals surface area contributed by atoms with Crippen LogP contribution in [0.4, 0.5) is 0 Å². The lowest BCUT2D eigenvalue weighted by Gasteiger charge is -2.29. The summed E-state index contributed by atoms with van der Waals surface area (Å²) in [6, 6.07) is 4.08. The maximum atomic E-state index is 12.1. The van der Waals surface area contributed by atoms with Gasteiger partial charge in [-0.15, -0.1) is 11.3 Å². The highest BCUT2D eigenvalue weighted by molar-refractivity contribution is 9.11. The van der Waals surface area contributed by atoms with Gasteiger partial charge in [0.1, 0.15) is 0 Å². The third kappa shape index (κ3) is 2.45. The van der Waals surface area contributed by atoms with Gasteiger partial charge in [-0.25, -0.2) is 0 Å². The van der Waals surface area contributed by atoms with E-state index in [2.05, 4.69) is 22.0 Å². The van der Waals surface area contributed by atoms with Crippen LogP contribution >= 0.6 is 27.3 Å². The minimum Gasteiger partial charge on any atom is -0.337 e. The normalized spacial score (nSPS) is 20.5. The smallest absolute Gasteiger partial charge is 0.254 e. The van der Waals surface area contributed by atoms with Crippen LogP contribution in [0, 0.1) is 17.2 Å². The van der Waals surface area contributed by atoms with Gasteiger partial charge in [0, 0.05) is 18.5 Å². The molecule has 1 amide bonds. The number of nitrogens with zero attached hydrogens (tertiary/aromatic N) is 2. The fourth-order valence-electron chi connectivity index (χ4n) is 1.87. The topological polar surface area (TPSA) is 44.1 Å². The second-order valence-electron chi connectivity index (χ2n) is 3.86. The van der Waals surface area contributed by atoms with Crippen LogP contribution in [0.5, 0.6) is 0 Å². The van der Waals surface area contributed by atoms with Gasteiger partial charge in [0.05, 0.1) is 21.3 Å². The molecule has 1 aliphatic rings. The zero-order valence-electron chi connectivity index (χ0n) is 8.65. The Balaban J connectivity index is 2.08. The Morgan fingerprint density at radius 2 is 2.50 bits per heavy atom. The Bertz CT molecular complexity index is 437. The summed E-state index contributed by atoms with van der Waals surface area (Å²) in [4.78, 5) is 13.9. The number of nitriles is 1. The first kappa shape index (κ1) is 11.6. The highest BCUT2D eigenvalue weighted by atomic mass is 79.9. The molecule has 0 radical (unpaired) electrons. The Morgan fingerprint density at radius 3 is 3.12 bits per heavy atom. The molecular weight excluding hydrogens is 288 g/mol. The molecule has 2 heterocycles. The zero-order chi connectivity index (χ0) is 11.5. The lowest BCUT2D eigenvalue weighted by molar-refractivity contribution is 0.0699. The quantitative estimate of drug-likeness (QED) is 0.800. The molecule has 1 aromatic rings. The Morgan fingerprint density at radius 1 is 1.69 bits per heavy atom. The summed E-state index contributed by atoms with van der Waals surface area (Å²) in [6.07, 6.45) is 1.84. The molecular formula is C11H11BrN2OS. The van der Waals surface area contributed by atoms with Crippen molar-refractivity contribution in [2.24, 2.45) is 5.92 Å². The highest BCUT2D eigenvalue weighted by Gasteiger charge is 2.24. The predicted octanol–water partition coefficient (Wildman–Crippen LogP) is 2.89. The predicted molar refractivity (Wildman–Crippen MR) is 66.3 cm³/mol. The van der Waals surface area contributed by atoms with E-state index < -0.39 is 0 Å². The van der Waals surface area contributed by atoms with Crippen LogP contribution in [0.1, 0.15) is 23.2 Å². The molecule has 0 aliphatic carbocycles. The molecule has 0 N–H and O–H groups in total. The van der Waals surface area contributed by atoms with Crippen molar-refractivity contribution in [1.29, 1.82) is 5.26 Å². The Labute approximate surface area is 107 Å². The molecule has 0 spiro atoms. The van der Waals surface area contributed by atoms with Crippen molar-refractivity contribution >= 4 is 33.2 Å². The minimum absolute atomic E-state index is 0.000207. The second-order valence-corrected chi connectivity index (χ2v) is 6.15. The summed E-state index contributed by atoms with van der Waals surface area (Å²) in [5.41, 5.74) is 0.718. The molecule has 1 saturated heterocycles. The lowest BCUT2D eigenvalue weighted by atomic mass is 9.99. The largest absolute Gasteiger partial charge is 0.337 e. The first-order chi connectivity index (χ1) is 7.70. The first-order valence-corrected chi connectivity index (χ1v) is 6.81. The molecule has 1 fully saturated rings. The standard InChI is InChI=1S/C11H11BrN2OS/c12-10-4-9(7-16-10)11(15)14-3-1-2-8(5-13)6-14/h4,7-8H,1-3,6H2. The van der Waals surface area contributed by atoms with Crippen molar-refractivity contribution in [3.05, 3.63) is 20.8 Å². The molecule has 2 rings (SSSR count). The summed E-state index contributed by atoms with van der Waals surface area (Å²) in [7, 11) is 0. The molecule has 3 nitrogen and oxygen atoms in total. The van der Waals surface area contributed by atoms with Crippen molar-refractivity contribution in [2.75, 3.05) is 13.1 Å². The molecule has 0 aromatic carbocycles.